The summed E-state index contributed by atoms with van der Waals surface area (Å²) in [4.78, 5) is 36.8. The van der Waals surface area contributed by atoms with Crippen molar-refractivity contribution in [1.82, 2.24) is 9.88 Å². The van der Waals surface area contributed by atoms with E-state index in [1.165, 1.54) is 6.07 Å². The van der Waals surface area contributed by atoms with Crippen LogP contribution in [0.1, 0.15) is 35.3 Å². The number of hydrogen-bond acceptors (Lipinski definition) is 5. The second-order valence-corrected chi connectivity index (χ2v) is 11.6. The van der Waals surface area contributed by atoms with Gasteiger partial charge in [0.1, 0.15) is 5.69 Å². The number of alkyl halides is 6. The summed E-state index contributed by atoms with van der Waals surface area (Å²) in [6, 6.07) is 5.48. The Labute approximate surface area is 228 Å². The number of sulfone groups is 1. The summed E-state index contributed by atoms with van der Waals surface area (Å²) in [6.45, 7) is 0. The van der Waals surface area contributed by atoms with Gasteiger partial charge >= 0.3 is 18.4 Å². The third-order valence-electron chi connectivity index (χ3n) is 6.61. The van der Waals surface area contributed by atoms with E-state index in [9.17, 15) is 54.3 Å². The molecule has 0 spiro atoms. The number of halogens is 6. The lowest BCUT2D eigenvalue weighted by atomic mass is 9.75. The topological polar surface area (TPSA) is 135 Å². The Morgan fingerprint density at radius 2 is 1.56 bits per heavy atom. The molecule has 1 aliphatic carbocycles. The fourth-order valence-electron chi connectivity index (χ4n) is 4.38. The number of aromatic nitrogens is 1. The molecule has 220 valence electrons. The SMILES string of the molecule is CS(=O)(=O)c1ccc2c(C(=O)Nc3ccc(C(CC(=O)NC4CC4)(C(F)(F)F)C(F)(F)F)cc3)n(C(=O)O)cc2c1. The van der Waals surface area contributed by atoms with E-state index in [1.807, 2.05) is 0 Å². The van der Waals surface area contributed by atoms with Gasteiger partial charge in [0.05, 0.1) is 11.3 Å². The largest absolute Gasteiger partial charge is 0.464 e. The average Bonchev–Trinajstić information content (AvgIpc) is 3.56. The second kappa shape index (κ2) is 10.1. The maximum absolute atomic E-state index is 14.1. The van der Waals surface area contributed by atoms with Gasteiger partial charge in [0.2, 0.25) is 5.91 Å². The van der Waals surface area contributed by atoms with Gasteiger partial charge in [-0.1, -0.05) is 18.2 Å². The van der Waals surface area contributed by atoms with Gasteiger partial charge in [-0.3, -0.25) is 9.59 Å². The zero-order valence-corrected chi connectivity index (χ0v) is 21.7. The standard InChI is InChI=1S/C25H21F6N3O6S/c1-41(39,40)17-8-9-18-13(10-17)12-34(22(37)38)20(18)21(36)33-16-4-2-14(3-5-16)23(24(26,27)28,25(29,30)31)11-19(35)32-15-6-7-15/h2-5,8-10,12,15H,6-7,11H2,1H3,(H,32,35)(H,33,36)(H,37,38). The molecule has 0 aliphatic heterocycles. The van der Waals surface area contributed by atoms with E-state index in [-0.39, 0.29) is 21.4 Å². The third kappa shape index (κ3) is 5.73. The Kier molecular flexibility index (Phi) is 7.35. The Morgan fingerprint density at radius 3 is 2.05 bits per heavy atom. The molecule has 1 heterocycles. The van der Waals surface area contributed by atoms with Crippen molar-refractivity contribution in [3.8, 4) is 0 Å². The normalized spacial score (nSPS) is 14.6. The van der Waals surface area contributed by atoms with Crippen LogP contribution < -0.4 is 10.6 Å². The van der Waals surface area contributed by atoms with E-state index in [0.717, 1.165) is 36.7 Å². The Balaban J connectivity index is 1.69. The molecule has 0 unspecified atom stereocenters. The number of rotatable bonds is 7. The minimum absolute atomic E-state index is 0.0174. The molecule has 3 aromatic rings. The number of nitrogens with one attached hydrogen (secondary N) is 2. The van der Waals surface area contributed by atoms with E-state index in [1.54, 1.807) is 0 Å². The molecule has 9 nitrogen and oxygen atoms in total. The summed E-state index contributed by atoms with van der Waals surface area (Å²) in [7, 11) is -3.68. The van der Waals surface area contributed by atoms with Crippen LogP contribution in [0.5, 0.6) is 0 Å². The Bertz CT molecular complexity index is 1630. The van der Waals surface area contributed by atoms with Gasteiger partial charge in [-0.05, 0) is 42.7 Å². The summed E-state index contributed by atoms with van der Waals surface area (Å²) in [6.07, 6.45) is -12.6. The van der Waals surface area contributed by atoms with Gasteiger partial charge in [0, 0.05) is 35.0 Å². The number of carbonyl (C=O) groups is 3. The van der Waals surface area contributed by atoms with Crippen molar-refractivity contribution < 1.29 is 54.3 Å². The maximum atomic E-state index is 14.1. The van der Waals surface area contributed by atoms with Crippen LogP contribution in [0, 0.1) is 0 Å². The molecule has 2 aromatic carbocycles. The molecule has 1 saturated carbocycles. The number of fused-ring (bicyclic) bond motifs is 1. The zero-order valence-electron chi connectivity index (χ0n) is 20.9. The number of carboxylic acid groups (broad SMARTS) is 1. The van der Waals surface area contributed by atoms with E-state index in [4.69, 9.17) is 0 Å². The molecule has 3 N–H and O–H groups in total. The molecule has 0 bridgehead atoms. The Hall–Kier alpha value is -4.08. The van der Waals surface area contributed by atoms with Crippen molar-refractivity contribution >= 4 is 44.2 Å². The van der Waals surface area contributed by atoms with Crippen LogP contribution in [0.3, 0.4) is 0 Å². The van der Waals surface area contributed by atoms with Crippen molar-refractivity contribution in [3.63, 3.8) is 0 Å². The first-order valence-corrected chi connectivity index (χ1v) is 13.7. The van der Waals surface area contributed by atoms with Crippen molar-refractivity contribution in [1.29, 1.82) is 0 Å². The van der Waals surface area contributed by atoms with Crippen LogP contribution in [0.15, 0.2) is 53.6 Å². The molecule has 2 amide bonds. The molecule has 41 heavy (non-hydrogen) atoms. The highest BCUT2D eigenvalue weighted by Gasteiger charge is 2.72. The van der Waals surface area contributed by atoms with Crippen molar-refractivity contribution in [3.05, 3.63) is 59.9 Å². The van der Waals surface area contributed by atoms with Crippen LogP contribution in [-0.2, 0) is 20.0 Å². The summed E-state index contributed by atoms with van der Waals surface area (Å²) >= 11 is 0. The number of benzene rings is 2. The highest BCUT2D eigenvalue weighted by molar-refractivity contribution is 7.90. The third-order valence-corrected chi connectivity index (χ3v) is 7.72. The number of anilines is 1. The van der Waals surface area contributed by atoms with E-state index in [2.05, 4.69) is 10.6 Å². The van der Waals surface area contributed by atoms with Gasteiger partial charge in [-0.25, -0.2) is 17.8 Å². The molecular weight excluding hydrogens is 584 g/mol. The summed E-state index contributed by atoms with van der Waals surface area (Å²) in [5.41, 5.74) is -6.58. The lowest BCUT2D eigenvalue weighted by Crippen LogP contribution is -2.56. The summed E-state index contributed by atoms with van der Waals surface area (Å²) in [5, 5.41) is 14.0. The zero-order chi connectivity index (χ0) is 30.5. The smallest absolute Gasteiger partial charge is 0.416 e. The molecule has 0 saturated heterocycles. The molecule has 4 rings (SSSR count). The van der Waals surface area contributed by atoms with Crippen molar-refractivity contribution in [2.75, 3.05) is 11.6 Å². The van der Waals surface area contributed by atoms with Gasteiger partial charge < -0.3 is 15.7 Å². The average molecular weight is 606 g/mol. The van der Waals surface area contributed by atoms with Gasteiger partial charge in [0.25, 0.3) is 5.91 Å². The minimum Gasteiger partial charge on any atom is -0.464 e. The van der Waals surface area contributed by atoms with Crippen LogP contribution >= 0.6 is 0 Å². The molecule has 16 heteroatoms. The van der Waals surface area contributed by atoms with Crippen LogP contribution in [0.2, 0.25) is 0 Å². The predicted octanol–water partition coefficient (Wildman–Crippen LogP) is 4.85. The number of hydrogen-bond donors (Lipinski definition) is 3. The highest BCUT2D eigenvalue weighted by Crippen LogP contribution is 2.54. The first kappa shape index (κ1) is 29.9. The van der Waals surface area contributed by atoms with Crippen LogP contribution in [0.25, 0.3) is 10.8 Å². The molecule has 0 radical (unpaired) electrons. The highest BCUT2D eigenvalue weighted by atomic mass is 32.2. The maximum Gasteiger partial charge on any atom is 0.416 e. The molecule has 1 fully saturated rings. The number of nitrogens with zero attached hydrogens (tertiary/aromatic N) is 1. The van der Waals surface area contributed by atoms with E-state index >= 15 is 0 Å². The predicted molar refractivity (Wildman–Crippen MR) is 132 cm³/mol. The fourth-order valence-corrected chi connectivity index (χ4v) is 5.03. The molecule has 1 aromatic heterocycles. The lowest BCUT2D eigenvalue weighted by molar-refractivity contribution is -0.303. The molecule has 0 atom stereocenters. The van der Waals surface area contributed by atoms with Crippen LogP contribution in [-0.4, -0.2) is 60.6 Å². The first-order valence-electron chi connectivity index (χ1n) is 11.8. The summed E-state index contributed by atoms with van der Waals surface area (Å²) < 4.78 is 109. The monoisotopic (exact) mass is 605 g/mol. The fraction of sp³-hybridized carbons (Fsp3) is 0.320. The quantitative estimate of drug-likeness (QED) is 0.330. The van der Waals surface area contributed by atoms with E-state index < -0.39 is 69.2 Å². The second-order valence-electron chi connectivity index (χ2n) is 9.60. The lowest BCUT2D eigenvalue weighted by Gasteiger charge is -2.37. The van der Waals surface area contributed by atoms with Gasteiger partial charge in [0.15, 0.2) is 15.3 Å². The number of carbonyl (C=O) groups excluding carboxylic acids is 2. The first-order chi connectivity index (χ1) is 18.8. The summed E-state index contributed by atoms with van der Waals surface area (Å²) in [5.74, 6) is -2.51. The number of amides is 2. The molecular formula is C25H21F6N3O6S. The van der Waals surface area contributed by atoms with Crippen LogP contribution in [0.4, 0.5) is 36.8 Å². The van der Waals surface area contributed by atoms with Crippen molar-refractivity contribution in [2.24, 2.45) is 0 Å². The van der Waals surface area contributed by atoms with Crippen molar-refractivity contribution in [2.45, 2.75) is 48.0 Å². The van der Waals surface area contributed by atoms with Gasteiger partial charge in [-0.15, -0.1) is 0 Å². The minimum atomic E-state index is -5.91. The Morgan fingerprint density at radius 1 is 0.976 bits per heavy atom. The molecule has 1 aliphatic rings. The van der Waals surface area contributed by atoms with Gasteiger partial charge in [-0.2, -0.15) is 26.3 Å². The van der Waals surface area contributed by atoms with E-state index in [0.29, 0.717) is 29.5 Å².